The highest BCUT2D eigenvalue weighted by Gasteiger charge is 2.12. The predicted octanol–water partition coefficient (Wildman–Crippen LogP) is 1.14. The van der Waals surface area contributed by atoms with Crippen molar-refractivity contribution >= 4 is 5.78 Å². The maximum absolute atomic E-state index is 11.0. The van der Waals surface area contributed by atoms with Gasteiger partial charge in [0.25, 0.3) is 0 Å². The molecular weight excluding hydrogens is 156 g/mol. The van der Waals surface area contributed by atoms with Gasteiger partial charge in [0.1, 0.15) is 6.61 Å². The maximum Gasteiger partial charge on any atom is 0.158 e. The number of aliphatic hydroxyl groups excluding tert-OH is 1. The fourth-order valence-corrected chi connectivity index (χ4v) is 0.645. The summed E-state index contributed by atoms with van der Waals surface area (Å²) in [6.07, 6.45) is 0.943. The lowest BCUT2D eigenvalue weighted by molar-refractivity contribution is -0.128. The summed E-state index contributed by atoms with van der Waals surface area (Å²) in [5.74, 6) is 0.0546. The Bertz CT molecular complexity index is 135. The third kappa shape index (κ3) is 7.69. The van der Waals surface area contributed by atoms with E-state index in [4.69, 9.17) is 9.84 Å². The van der Waals surface area contributed by atoms with E-state index in [1.807, 2.05) is 20.8 Å². The van der Waals surface area contributed by atoms with Crippen molar-refractivity contribution in [1.29, 1.82) is 0 Å². The number of Topliss-reactive ketones (excluding diaryl/α,β-unsaturated/α-hetero) is 1. The lowest BCUT2D eigenvalue weighted by Gasteiger charge is -2.18. The molecule has 0 spiro atoms. The fraction of sp³-hybridized carbons (Fsp3) is 0.889. The SMILES string of the molecule is CC(C)(C)OCC(=O)CCCO. The van der Waals surface area contributed by atoms with Crippen LogP contribution in [0, 0.1) is 0 Å². The summed E-state index contributed by atoms with van der Waals surface area (Å²) in [6.45, 7) is 5.95. The number of aliphatic hydroxyl groups is 1. The molecule has 0 aliphatic rings. The second kappa shape index (κ2) is 5.27. The van der Waals surface area contributed by atoms with Gasteiger partial charge in [0.05, 0.1) is 5.60 Å². The largest absolute Gasteiger partial charge is 0.396 e. The number of carbonyl (C=O) groups excluding carboxylic acids is 1. The molecule has 0 aromatic carbocycles. The van der Waals surface area contributed by atoms with Gasteiger partial charge in [-0.2, -0.15) is 0 Å². The van der Waals surface area contributed by atoms with Crippen molar-refractivity contribution in [2.24, 2.45) is 0 Å². The van der Waals surface area contributed by atoms with Crippen LogP contribution in [-0.2, 0) is 9.53 Å². The van der Waals surface area contributed by atoms with E-state index in [2.05, 4.69) is 0 Å². The second-order valence-electron chi connectivity index (χ2n) is 3.77. The van der Waals surface area contributed by atoms with Gasteiger partial charge >= 0.3 is 0 Å². The van der Waals surface area contributed by atoms with Gasteiger partial charge in [-0.1, -0.05) is 0 Å². The Morgan fingerprint density at radius 3 is 2.42 bits per heavy atom. The Morgan fingerprint density at radius 1 is 1.42 bits per heavy atom. The zero-order chi connectivity index (χ0) is 9.61. The van der Waals surface area contributed by atoms with E-state index in [-0.39, 0.29) is 24.6 Å². The van der Waals surface area contributed by atoms with E-state index in [0.717, 1.165) is 0 Å². The molecule has 0 rings (SSSR count). The van der Waals surface area contributed by atoms with Crippen molar-refractivity contribution in [2.45, 2.75) is 39.2 Å². The molecule has 0 amide bonds. The zero-order valence-corrected chi connectivity index (χ0v) is 8.09. The Labute approximate surface area is 73.7 Å². The van der Waals surface area contributed by atoms with Crippen molar-refractivity contribution < 1.29 is 14.6 Å². The third-order valence-electron chi connectivity index (χ3n) is 1.28. The molecule has 0 aliphatic carbocycles. The summed E-state index contributed by atoms with van der Waals surface area (Å²) in [7, 11) is 0. The van der Waals surface area contributed by atoms with Crippen LogP contribution in [0.3, 0.4) is 0 Å². The average Bonchev–Trinajstić information content (AvgIpc) is 1.95. The summed E-state index contributed by atoms with van der Waals surface area (Å²) in [5, 5.41) is 8.45. The number of ketones is 1. The minimum Gasteiger partial charge on any atom is -0.396 e. The molecule has 0 heterocycles. The Hall–Kier alpha value is -0.410. The Morgan fingerprint density at radius 2 is 2.00 bits per heavy atom. The smallest absolute Gasteiger partial charge is 0.158 e. The van der Waals surface area contributed by atoms with Crippen molar-refractivity contribution in [3.8, 4) is 0 Å². The van der Waals surface area contributed by atoms with Gasteiger partial charge in [-0.25, -0.2) is 0 Å². The number of hydrogen-bond acceptors (Lipinski definition) is 3. The number of carbonyl (C=O) groups is 1. The second-order valence-corrected chi connectivity index (χ2v) is 3.77. The summed E-state index contributed by atoms with van der Waals surface area (Å²) >= 11 is 0. The average molecular weight is 174 g/mol. The molecule has 0 fully saturated rings. The van der Waals surface area contributed by atoms with Gasteiger partial charge < -0.3 is 9.84 Å². The molecule has 0 radical (unpaired) electrons. The van der Waals surface area contributed by atoms with E-state index in [1.165, 1.54) is 0 Å². The molecule has 0 aliphatic heterocycles. The van der Waals surface area contributed by atoms with Crippen molar-refractivity contribution in [3.05, 3.63) is 0 Å². The van der Waals surface area contributed by atoms with Gasteiger partial charge in [-0.05, 0) is 27.2 Å². The molecular formula is C9H18O3. The van der Waals surface area contributed by atoms with E-state index in [0.29, 0.717) is 12.8 Å². The monoisotopic (exact) mass is 174 g/mol. The normalized spacial score (nSPS) is 11.7. The van der Waals surface area contributed by atoms with Crippen LogP contribution >= 0.6 is 0 Å². The minimum atomic E-state index is -0.255. The third-order valence-corrected chi connectivity index (χ3v) is 1.28. The van der Waals surface area contributed by atoms with E-state index in [1.54, 1.807) is 0 Å². The Balaban J connectivity index is 3.44. The molecule has 12 heavy (non-hydrogen) atoms. The number of rotatable bonds is 5. The quantitative estimate of drug-likeness (QED) is 0.680. The van der Waals surface area contributed by atoms with Crippen LogP contribution in [0.4, 0.5) is 0 Å². The number of ether oxygens (including phenoxy) is 1. The van der Waals surface area contributed by atoms with Crippen LogP contribution in [0.25, 0.3) is 0 Å². The molecule has 1 N–H and O–H groups in total. The lowest BCUT2D eigenvalue weighted by atomic mass is 10.2. The molecule has 0 bridgehead atoms. The summed E-state index contributed by atoms with van der Waals surface area (Å²) in [4.78, 5) is 11.0. The molecule has 0 atom stereocenters. The van der Waals surface area contributed by atoms with Gasteiger partial charge in [-0.3, -0.25) is 4.79 Å². The molecule has 72 valence electrons. The summed E-state index contributed by atoms with van der Waals surface area (Å²) < 4.78 is 5.26. The summed E-state index contributed by atoms with van der Waals surface area (Å²) in [5.41, 5.74) is -0.255. The van der Waals surface area contributed by atoms with E-state index in [9.17, 15) is 4.79 Å². The van der Waals surface area contributed by atoms with Gasteiger partial charge in [0, 0.05) is 13.0 Å². The van der Waals surface area contributed by atoms with Crippen LogP contribution in [0.2, 0.25) is 0 Å². The van der Waals surface area contributed by atoms with E-state index < -0.39 is 0 Å². The van der Waals surface area contributed by atoms with Gasteiger partial charge in [-0.15, -0.1) is 0 Å². The highest BCUT2D eigenvalue weighted by Crippen LogP contribution is 2.06. The molecule has 0 aromatic rings. The molecule has 0 unspecified atom stereocenters. The molecule has 3 heteroatoms. The van der Waals surface area contributed by atoms with Gasteiger partial charge in [0.15, 0.2) is 5.78 Å². The first-order valence-corrected chi connectivity index (χ1v) is 4.22. The lowest BCUT2D eigenvalue weighted by Crippen LogP contribution is -2.23. The van der Waals surface area contributed by atoms with Crippen LogP contribution in [0.1, 0.15) is 33.6 Å². The molecule has 0 saturated carbocycles. The maximum atomic E-state index is 11.0. The van der Waals surface area contributed by atoms with Crippen molar-refractivity contribution in [2.75, 3.05) is 13.2 Å². The first kappa shape index (κ1) is 11.6. The fourth-order valence-electron chi connectivity index (χ4n) is 0.645. The first-order chi connectivity index (χ1) is 5.45. The molecule has 3 nitrogen and oxygen atoms in total. The van der Waals surface area contributed by atoms with Crippen molar-refractivity contribution in [1.82, 2.24) is 0 Å². The molecule has 0 saturated heterocycles. The van der Waals surface area contributed by atoms with Crippen molar-refractivity contribution in [3.63, 3.8) is 0 Å². The van der Waals surface area contributed by atoms with Crippen LogP contribution in [0.15, 0.2) is 0 Å². The van der Waals surface area contributed by atoms with Crippen LogP contribution in [-0.4, -0.2) is 29.7 Å². The highest BCUT2D eigenvalue weighted by molar-refractivity contribution is 5.79. The van der Waals surface area contributed by atoms with Crippen LogP contribution < -0.4 is 0 Å². The topological polar surface area (TPSA) is 46.5 Å². The standard InChI is InChI=1S/C9H18O3/c1-9(2,3)12-7-8(11)5-4-6-10/h10H,4-7H2,1-3H3. The highest BCUT2D eigenvalue weighted by atomic mass is 16.5. The van der Waals surface area contributed by atoms with Gasteiger partial charge in [0.2, 0.25) is 0 Å². The van der Waals surface area contributed by atoms with Crippen LogP contribution in [0.5, 0.6) is 0 Å². The summed E-state index contributed by atoms with van der Waals surface area (Å²) in [6, 6.07) is 0. The van der Waals surface area contributed by atoms with E-state index >= 15 is 0 Å². The first-order valence-electron chi connectivity index (χ1n) is 4.22. The predicted molar refractivity (Wildman–Crippen MR) is 47.0 cm³/mol. The molecule has 0 aromatic heterocycles. The Kier molecular flexibility index (Phi) is 5.09. The minimum absolute atomic E-state index is 0.0546. The number of hydrogen-bond donors (Lipinski definition) is 1. The zero-order valence-electron chi connectivity index (χ0n) is 8.09.